The Kier molecular flexibility index (Phi) is 6.07. The van der Waals surface area contributed by atoms with Gasteiger partial charge in [0.25, 0.3) is 0 Å². The molecule has 0 aromatic carbocycles. The number of nitrogens with two attached hydrogens (primary N) is 2. The summed E-state index contributed by atoms with van der Waals surface area (Å²) in [6.07, 6.45) is 0.138. The van der Waals surface area contributed by atoms with Gasteiger partial charge in [0.05, 0.1) is 11.1 Å². The van der Waals surface area contributed by atoms with Gasteiger partial charge in [-0.2, -0.15) is 0 Å². The summed E-state index contributed by atoms with van der Waals surface area (Å²) >= 11 is 0. The van der Waals surface area contributed by atoms with E-state index in [1.807, 2.05) is 13.8 Å². The van der Waals surface area contributed by atoms with Gasteiger partial charge in [-0.1, -0.05) is 13.8 Å². The first-order chi connectivity index (χ1) is 9.19. The second-order valence-corrected chi connectivity index (χ2v) is 6.91. The van der Waals surface area contributed by atoms with Crippen molar-refractivity contribution >= 4 is 17.8 Å². The minimum Gasteiger partial charge on any atom is -0.480 e. The molecular formula is C14H27N3O4. The molecule has 0 aliphatic carbocycles. The molecule has 0 aliphatic rings. The van der Waals surface area contributed by atoms with Gasteiger partial charge in [-0.3, -0.25) is 14.5 Å². The molecule has 0 bridgehead atoms. The second-order valence-electron chi connectivity index (χ2n) is 6.91. The quantitative estimate of drug-likeness (QED) is 0.648. The third-order valence-electron chi connectivity index (χ3n) is 2.83. The molecule has 0 spiro atoms. The largest absolute Gasteiger partial charge is 0.480 e. The molecule has 0 saturated heterocycles. The summed E-state index contributed by atoms with van der Waals surface area (Å²) in [6.45, 7) is 9.32. The van der Waals surface area contributed by atoms with Crippen molar-refractivity contribution in [2.75, 3.05) is 0 Å². The first-order valence-electron chi connectivity index (χ1n) is 6.88. The molecular weight excluding hydrogens is 274 g/mol. The first kappa shape index (κ1) is 19.5. The lowest BCUT2D eigenvalue weighted by atomic mass is 9.95. The normalized spacial score (nSPS) is 14.0. The minimum atomic E-state index is -1.37. The van der Waals surface area contributed by atoms with Gasteiger partial charge >= 0.3 is 5.97 Å². The highest BCUT2D eigenvalue weighted by atomic mass is 16.4. The number of rotatable bonds is 6. The highest BCUT2D eigenvalue weighted by Gasteiger charge is 2.43. The monoisotopic (exact) mass is 301 g/mol. The van der Waals surface area contributed by atoms with Crippen LogP contribution in [-0.4, -0.2) is 44.9 Å². The van der Waals surface area contributed by atoms with Gasteiger partial charge in [0, 0.05) is 0 Å². The first-order valence-corrected chi connectivity index (χ1v) is 6.88. The van der Waals surface area contributed by atoms with Gasteiger partial charge in [-0.05, 0) is 40.0 Å². The van der Waals surface area contributed by atoms with Crippen LogP contribution in [0.2, 0.25) is 0 Å². The Morgan fingerprint density at radius 3 is 1.52 bits per heavy atom. The molecule has 0 fully saturated rings. The third-order valence-corrected chi connectivity index (χ3v) is 2.83. The lowest BCUT2D eigenvalue weighted by molar-refractivity contribution is -0.162. The maximum absolute atomic E-state index is 12.4. The Bertz CT molecular complexity index is 393. The molecule has 0 unspecified atom stereocenters. The highest BCUT2D eigenvalue weighted by Crippen LogP contribution is 2.19. The number of carboxylic acid groups (broad SMARTS) is 1. The number of imide groups is 1. The lowest BCUT2D eigenvalue weighted by Gasteiger charge is -2.36. The molecule has 0 radical (unpaired) electrons. The number of carbonyl (C=O) groups is 3. The molecule has 5 N–H and O–H groups in total. The van der Waals surface area contributed by atoms with Gasteiger partial charge in [-0.15, -0.1) is 0 Å². The third kappa shape index (κ3) is 5.43. The molecule has 122 valence electrons. The molecule has 0 rings (SSSR count). The van der Waals surface area contributed by atoms with Gasteiger partial charge in [0.2, 0.25) is 11.8 Å². The van der Waals surface area contributed by atoms with Crippen molar-refractivity contribution in [3.63, 3.8) is 0 Å². The summed E-state index contributed by atoms with van der Waals surface area (Å²) in [5.74, 6) is -2.77. The SMILES string of the molecule is CC(C)C[C@@H](C(=O)O)N(C(=O)C(C)(C)N)C(=O)C(C)(C)N. The van der Waals surface area contributed by atoms with E-state index in [9.17, 15) is 19.5 Å². The number of hydrogen-bond acceptors (Lipinski definition) is 5. The van der Waals surface area contributed by atoms with Crippen LogP contribution in [0.4, 0.5) is 0 Å². The topological polar surface area (TPSA) is 127 Å². The summed E-state index contributed by atoms with van der Waals surface area (Å²) in [5, 5.41) is 9.39. The summed E-state index contributed by atoms with van der Waals surface area (Å²) in [5.41, 5.74) is 8.77. The molecule has 0 aliphatic heterocycles. The van der Waals surface area contributed by atoms with Gasteiger partial charge in [-0.25, -0.2) is 4.79 Å². The van der Waals surface area contributed by atoms with Crippen LogP contribution in [-0.2, 0) is 14.4 Å². The number of carboxylic acids is 1. The summed E-state index contributed by atoms with van der Waals surface area (Å²) < 4.78 is 0. The number of amides is 2. The Morgan fingerprint density at radius 1 is 1.00 bits per heavy atom. The van der Waals surface area contributed by atoms with E-state index in [-0.39, 0.29) is 12.3 Å². The van der Waals surface area contributed by atoms with E-state index < -0.39 is 34.9 Å². The van der Waals surface area contributed by atoms with E-state index in [1.165, 1.54) is 27.7 Å². The van der Waals surface area contributed by atoms with E-state index in [0.717, 1.165) is 0 Å². The average Bonchev–Trinajstić information content (AvgIpc) is 2.24. The zero-order valence-corrected chi connectivity index (χ0v) is 13.6. The number of hydrogen-bond donors (Lipinski definition) is 3. The zero-order valence-electron chi connectivity index (χ0n) is 13.6. The van der Waals surface area contributed by atoms with Gasteiger partial charge < -0.3 is 16.6 Å². The van der Waals surface area contributed by atoms with Crippen LogP contribution in [0, 0.1) is 5.92 Å². The molecule has 21 heavy (non-hydrogen) atoms. The van der Waals surface area contributed by atoms with Crippen LogP contribution in [0.5, 0.6) is 0 Å². The number of nitrogens with zero attached hydrogens (tertiary/aromatic N) is 1. The Balaban J connectivity index is 5.84. The minimum absolute atomic E-state index is 0.0176. The van der Waals surface area contributed by atoms with Crippen molar-refractivity contribution in [2.24, 2.45) is 17.4 Å². The van der Waals surface area contributed by atoms with Crippen molar-refractivity contribution < 1.29 is 19.5 Å². The van der Waals surface area contributed by atoms with Gasteiger partial charge in [0.1, 0.15) is 6.04 Å². The second kappa shape index (κ2) is 6.53. The van der Waals surface area contributed by atoms with E-state index in [0.29, 0.717) is 4.90 Å². The smallest absolute Gasteiger partial charge is 0.326 e. The Hall–Kier alpha value is -1.47. The molecule has 2 amide bonds. The average molecular weight is 301 g/mol. The summed E-state index contributed by atoms with van der Waals surface area (Å²) in [7, 11) is 0. The fraction of sp³-hybridized carbons (Fsp3) is 0.786. The number of carbonyl (C=O) groups excluding carboxylic acids is 2. The molecule has 0 saturated carbocycles. The van der Waals surface area contributed by atoms with Crippen molar-refractivity contribution in [3.05, 3.63) is 0 Å². The van der Waals surface area contributed by atoms with Crippen molar-refractivity contribution in [1.82, 2.24) is 4.90 Å². The zero-order chi connectivity index (χ0) is 17.2. The standard InChI is InChI=1S/C14H27N3O4/c1-8(2)7-9(10(18)19)17(11(20)13(3,4)15)12(21)14(5,6)16/h8-9H,7,15-16H2,1-6H3,(H,18,19)/t9-/m0/s1. The lowest BCUT2D eigenvalue weighted by Crippen LogP contribution is -2.63. The van der Waals surface area contributed by atoms with E-state index in [2.05, 4.69) is 0 Å². The van der Waals surface area contributed by atoms with Crippen LogP contribution < -0.4 is 11.5 Å². The summed E-state index contributed by atoms with van der Waals surface area (Å²) in [6, 6.07) is -1.28. The van der Waals surface area contributed by atoms with Crippen LogP contribution >= 0.6 is 0 Å². The fourth-order valence-electron chi connectivity index (χ4n) is 1.76. The van der Waals surface area contributed by atoms with E-state index in [4.69, 9.17) is 11.5 Å². The van der Waals surface area contributed by atoms with Crippen molar-refractivity contribution in [1.29, 1.82) is 0 Å². The van der Waals surface area contributed by atoms with E-state index in [1.54, 1.807) is 0 Å². The molecule has 7 heteroatoms. The van der Waals surface area contributed by atoms with Crippen LogP contribution in [0.3, 0.4) is 0 Å². The maximum Gasteiger partial charge on any atom is 0.326 e. The predicted molar refractivity (Wildman–Crippen MR) is 79.3 cm³/mol. The van der Waals surface area contributed by atoms with Crippen LogP contribution in [0.15, 0.2) is 0 Å². The highest BCUT2D eigenvalue weighted by molar-refractivity contribution is 6.05. The van der Waals surface area contributed by atoms with Gasteiger partial charge in [0.15, 0.2) is 0 Å². The predicted octanol–water partition coefficient (Wildman–Crippen LogP) is 0.316. The maximum atomic E-state index is 12.4. The van der Waals surface area contributed by atoms with E-state index >= 15 is 0 Å². The fourth-order valence-corrected chi connectivity index (χ4v) is 1.76. The van der Waals surface area contributed by atoms with Crippen LogP contribution in [0.25, 0.3) is 0 Å². The molecule has 0 heterocycles. The molecule has 0 aromatic heterocycles. The Labute approximate surface area is 125 Å². The molecule has 0 aromatic rings. The molecule has 7 nitrogen and oxygen atoms in total. The number of aliphatic carboxylic acids is 1. The summed E-state index contributed by atoms with van der Waals surface area (Å²) in [4.78, 5) is 37.1. The van der Waals surface area contributed by atoms with Crippen molar-refractivity contribution in [2.45, 2.75) is 65.1 Å². The molecule has 1 atom stereocenters. The van der Waals surface area contributed by atoms with Crippen molar-refractivity contribution in [3.8, 4) is 0 Å². The Morgan fingerprint density at radius 2 is 1.33 bits per heavy atom. The van der Waals surface area contributed by atoms with Crippen LogP contribution in [0.1, 0.15) is 48.0 Å².